The molecule has 0 aromatic carbocycles. The van der Waals surface area contributed by atoms with E-state index in [1.54, 1.807) is 13.0 Å². The van der Waals surface area contributed by atoms with Crippen LogP contribution in [0, 0.1) is 11.3 Å². The van der Waals surface area contributed by atoms with Crippen LogP contribution in [-0.4, -0.2) is 65.7 Å². The van der Waals surface area contributed by atoms with E-state index in [0.29, 0.717) is 21.2 Å². The van der Waals surface area contributed by atoms with Gasteiger partial charge in [-0.2, -0.15) is 13.2 Å². The van der Waals surface area contributed by atoms with Gasteiger partial charge in [0.05, 0.1) is 11.8 Å². The Morgan fingerprint density at radius 3 is 2.53 bits per heavy atom. The molecule has 0 atom stereocenters. The summed E-state index contributed by atoms with van der Waals surface area (Å²) in [6.45, 7) is 6.78. The highest BCUT2D eigenvalue weighted by molar-refractivity contribution is 7.18. The second-order valence-corrected chi connectivity index (χ2v) is 11.6. The molecule has 2 aliphatic heterocycles. The van der Waals surface area contributed by atoms with Gasteiger partial charge in [0.15, 0.2) is 0 Å². The molecule has 3 aliphatic rings. The minimum Gasteiger partial charge on any atom is -0.355 e. The quantitative estimate of drug-likeness (QED) is 0.667. The highest BCUT2D eigenvalue weighted by Crippen LogP contribution is 2.44. The van der Waals surface area contributed by atoms with Crippen LogP contribution in [0.4, 0.5) is 19.0 Å². The number of carbonyl (C=O) groups is 1. The lowest BCUT2D eigenvalue weighted by Crippen LogP contribution is -2.61. The Bertz CT molecular complexity index is 1020. The SMILES string of the molecule is CC(=O)N[C@H]1CC[C@H](CN2CCC3(CC2)CN(c2ncnc4sc(CC(F)(F)F)cc24)C3)CC1. The molecule has 2 aromatic heterocycles. The van der Waals surface area contributed by atoms with Crippen molar-refractivity contribution in [2.75, 3.05) is 37.6 Å². The van der Waals surface area contributed by atoms with E-state index in [9.17, 15) is 18.0 Å². The lowest BCUT2D eigenvalue weighted by molar-refractivity contribution is -0.126. The van der Waals surface area contributed by atoms with Gasteiger partial charge in [-0.15, -0.1) is 11.3 Å². The number of anilines is 1. The Kier molecular flexibility index (Phi) is 6.48. The van der Waals surface area contributed by atoms with Crippen LogP contribution in [0.5, 0.6) is 0 Å². The molecule has 1 saturated carbocycles. The first-order chi connectivity index (χ1) is 16.2. The summed E-state index contributed by atoms with van der Waals surface area (Å²) in [4.78, 5) is 25.6. The van der Waals surface area contributed by atoms with Gasteiger partial charge in [0, 0.05) is 42.9 Å². The molecule has 1 spiro atoms. The monoisotopic (exact) mass is 495 g/mol. The molecule has 186 valence electrons. The molecule has 0 bridgehead atoms. The number of likely N-dealkylation sites (tertiary alicyclic amines) is 1. The first-order valence-corrected chi connectivity index (χ1v) is 13.0. The van der Waals surface area contributed by atoms with Gasteiger partial charge in [-0.3, -0.25) is 4.79 Å². The smallest absolute Gasteiger partial charge is 0.355 e. The van der Waals surface area contributed by atoms with Gasteiger partial charge in [0.2, 0.25) is 5.91 Å². The van der Waals surface area contributed by atoms with Crippen molar-refractivity contribution < 1.29 is 18.0 Å². The van der Waals surface area contributed by atoms with Crippen LogP contribution < -0.4 is 10.2 Å². The van der Waals surface area contributed by atoms with Crippen LogP contribution >= 0.6 is 11.3 Å². The topological polar surface area (TPSA) is 61.4 Å². The van der Waals surface area contributed by atoms with E-state index in [0.717, 1.165) is 86.9 Å². The molecule has 34 heavy (non-hydrogen) atoms. The van der Waals surface area contributed by atoms with Crippen molar-refractivity contribution in [3.8, 4) is 0 Å². The summed E-state index contributed by atoms with van der Waals surface area (Å²) in [5.74, 6) is 1.57. The van der Waals surface area contributed by atoms with E-state index in [1.165, 1.54) is 19.2 Å². The van der Waals surface area contributed by atoms with E-state index in [-0.39, 0.29) is 5.91 Å². The number of amides is 1. The third kappa shape index (κ3) is 5.32. The number of thiophene rings is 1. The van der Waals surface area contributed by atoms with Crippen molar-refractivity contribution in [1.82, 2.24) is 20.2 Å². The number of aromatic nitrogens is 2. The summed E-state index contributed by atoms with van der Waals surface area (Å²) >= 11 is 1.11. The van der Waals surface area contributed by atoms with E-state index < -0.39 is 12.6 Å². The summed E-state index contributed by atoms with van der Waals surface area (Å²) in [5.41, 5.74) is 0.293. The van der Waals surface area contributed by atoms with Crippen LogP contribution in [0.25, 0.3) is 10.2 Å². The Morgan fingerprint density at radius 1 is 1.18 bits per heavy atom. The molecular formula is C24H32F3N5OS. The fourth-order valence-corrected chi connectivity index (χ4v) is 7.03. The molecule has 1 amide bonds. The Morgan fingerprint density at radius 2 is 1.88 bits per heavy atom. The minimum atomic E-state index is -4.21. The standard InChI is InChI=1S/C24H32F3N5OS/c1-16(33)30-18-4-2-17(3-5-18)12-31-8-6-23(7-9-31)13-32(14-23)21-20-10-19(11-24(25,26)27)34-22(20)29-15-28-21/h10,15,17-18H,2-9,11-14H2,1H3,(H,30,33)/t17-,18-. The van der Waals surface area contributed by atoms with Crippen molar-refractivity contribution in [2.45, 2.75) is 64.1 Å². The number of fused-ring (bicyclic) bond motifs is 1. The van der Waals surface area contributed by atoms with Crippen LogP contribution in [0.15, 0.2) is 12.4 Å². The number of rotatable bonds is 5. The van der Waals surface area contributed by atoms with Crippen molar-refractivity contribution >= 4 is 33.3 Å². The zero-order valence-corrected chi connectivity index (χ0v) is 20.4. The molecule has 4 heterocycles. The highest BCUT2D eigenvalue weighted by atomic mass is 32.1. The first kappa shape index (κ1) is 23.8. The van der Waals surface area contributed by atoms with Gasteiger partial charge in [0.25, 0.3) is 0 Å². The zero-order valence-electron chi connectivity index (χ0n) is 19.5. The molecule has 2 aromatic rings. The Hall–Kier alpha value is -1.94. The van der Waals surface area contributed by atoms with Crippen molar-refractivity contribution in [2.24, 2.45) is 11.3 Å². The molecule has 1 N–H and O–H groups in total. The highest BCUT2D eigenvalue weighted by Gasteiger charge is 2.46. The average Bonchev–Trinajstić information content (AvgIpc) is 3.14. The maximum Gasteiger partial charge on any atom is 0.393 e. The molecule has 3 fully saturated rings. The van der Waals surface area contributed by atoms with Crippen LogP contribution in [0.1, 0.15) is 50.3 Å². The Labute approximate surface area is 201 Å². The molecule has 0 radical (unpaired) electrons. The lowest BCUT2D eigenvalue weighted by atomic mass is 9.71. The largest absolute Gasteiger partial charge is 0.393 e. The maximum atomic E-state index is 12.8. The number of nitrogens with one attached hydrogen (secondary N) is 1. The number of nitrogens with zero attached hydrogens (tertiary/aromatic N) is 4. The molecule has 1 aliphatic carbocycles. The van der Waals surface area contributed by atoms with Gasteiger partial charge < -0.3 is 15.1 Å². The number of alkyl halides is 3. The van der Waals surface area contributed by atoms with E-state index in [2.05, 4.69) is 25.1 Å². The van der Waals surface area contributed by atoms with Crippen LogP contribution in [-0.2, 0) is 11.2 Å². The van der Waals surface area contributed by atoms with Gasteiger partial charge >= 0.3 is 6.18 Å². The predicted molar refractivity (Wildman–Crippen MR) is 127 cm³/mol. The summed E-state index contributed by atoms with van der Waals surface area (Å²) in [6, 6.07) is 1.97. The van der Waals surface area contributed by atoms with Gasteiger partial charge in [-0.25, -0.2) is 9.97 Å². The zero-order chi connectivity index (χ0) is 23.9. The van der Waals surface area contributed by atoms with Crippen molar-refractivity contribution in [3.63, 3.8) is 0 Å². The van der Waals surface area contributed by atoms with Crippen molar-refractivity contribution in [1.29, 1.82) is 0 Å². The van der Waals surface area contributed by atoms with E-state index in [4.69, 9.17) is 0 Å². The molecule has 10 heteroatoms. The second-order valence-electron chi connectivity index (χ2n) is 10.5. The minimum absolute atomic E-state index is 0.0720. The summed E-state index contributed by atoms with van der Waals surface area (Å²) < 4.78 is 38.5. The fourth-order valence-electron chi connectivity index (χ4n) is 6.01. The maximum absolute atomic E-state index is 12.8. The number of carbonyl (C=O) groups excluding carboxylic acids is 1. The summed E-state index contributed by atoms with van der Waals surface area (Å²) in [7, 11) is 0. The first-order valence-electron chi connectivity index (χ1n) is 12.2. The van der Waals surface area contributed by atoms with Crippen molar-refractivity contribution in [3.05, 3.63) is 17.3 Å². The van der Waals surface area contributed by atoms with Gasteiger partial charge in [-0.05, 0) is 63.6 Å². The Balaban J connectivity index is 1.12. The van der Waals surface area contributed by atoms with E-state index in [1.807, 2.05) is 0 Å². The normalized spacial score (nSPS) is 25.5. The van der Waals surface area contributed by atoms with Gasteiger partial charge in [0.1, 0.15) is 17.0 Å². The second kappa shape index (κ2) is 9.26. The van der Waals surface area contributed by atoms with E-state index >= 15 is 0 Å². The summed E-state index contributed by atoms with van der Waals surface area (Å²) in [6.07, 6.45) is 3.18. The third-order valence-corrected chi connectivity index (χ3v) is 8.82. The predicted octanol–water partition coefficient (Wildman–Crippen LogP) is 4.39. The third-order valence-electron chi connectivity index (χ3n) is 7.77. The lowest BCUT2D eigenvalue weighted by Gasteiger charge is -2.55. The van der Waals surface area contributed by atoms with Crippen LogP contribution in [0.2, 0.25) is 0 Å². The van der Waals surface area contributed by atoms with Gasteiger partial charge in [-0.1, -0.05) is 0 Å². The molecule has 2 saturated heterocycles. The number of piperidine rings is 1. The summed E-state index contributed by atoms with van der Waals surface area (Å²) in [5, 5.41) is 3.80. The number of halogens is 3. The molecule has 5 rings (SSSR count). The number of hydrogen-bond acceptors (Lipinski definition) is 6. The molecule has 6 nitrogen and oxygen atoms in total. The fraction of sp³-hybridized carbons (Fsp3) is 0.708. The molecular weight excluding hydrogens is 463 g/mol. The average molecular weight is 496 g/mol. The molecule has 0 unspecified atom stereocenters. The van der Waals surface area contributed by atoms with Crippen LogP contribution in [0.3, 0.4) is 0 Å². The number of hydrogen-bond donors (Lipinski definition) is 1.